The molecule has 1 unspecified atom stereocenters. The van der Waals surface area contributed by atoms with Gasteiger partial charge in [-0.15, -0.1) is 0 Å². The maximum absolute atomic E-state index is 13.0. The molecule has 6 heteroatoms. The minimum absolute atomic E-state index is 0.0864. The Labute approximate surface area is 515 Å². The van der Waals surface area contributed by atoms with Crippen LogP contribution in [0.5, 0.6) is 0 Å². The topological polar surface area (TPSA) is 78.9 Å². The largest absolute Gasteiger partial charge is 0.462 e. The van der Waals surface area contributed by atoms with Crippen LogP contribution in [0.1, 0.15) is 355 Å². The van der Waals surface area contributed by atoms with Crippen LogP contribution in [0.4, 0.5) is 0 Å². The average molecular weight is 1160 g/mol. The van der Waals surface area contributed by atoms with Gasteiger partial charge in [0.15, 0.2) is 6.10 Å². The summed E-state index contributed by atoms with van der Waals surface area (Å²) in [6.45, 7) is 6.44. The molecule has 1 atom stereocenters. The molecule has 0 N–H and O–H groups in total. The summed E-state index contributed by atoms with van der Waals surface area (Å²) in [5.41, 5.74) is 0. The van der Waals surface area contributed by atoms with Gasteiger partial charge in [0.25, 0.3) is 0 Å². The normalized spacial score (nSPS) is 12.7. The summed E-state index contributed by atoms with van der Waals surface area (Å²) in [6, 6.07) is 0. The lowest BCUT2D eigenvalue weighted by molar-refractivity contribution is -0.167. The first-order chi connectivity index (χ1) is 41.0. The van der Waals surface area contributed by atoms with Gasteiger partial charge in [-0.1, -0.05) is 336 Å². The molecule has 0 aliphatic carbocycles. The Kier molecular flexibility index (Phi) is 67.7. The summed E-state index contributed by atoms with van der Waals surface area (Å²) in [7, 11) is 0. The van der Waals surface area contributed by atoms with Crippen LogP contribution in [0.3, 0.4) is 0 Å². The molecular formula is C77H134O6. The van der Waals surface area contributed by atoms with Crippen LogP contribution in [-0.2, 0) is 28.6 Å². The van der Waals surface area contributed by atoms with E-state index in [1.54, 1.807) is 0 Å². The molecule has 0 saturated carbocycles. The molecule has 0 fully saturated rings. The van der Waals surface area contributed by atoms with Crippen molar-refractivity contribution in [3.8, 4) is 0 Å². The first kappa shape index (κ1) is 79.3. The van der Waals surface area contributed by atoms with Crippen LogP contribution < -0.4 is 0 Å². The Morgan fingerprint density at radius 2 is 0.470 bits per heavy atom. The van der Waals surface area contributed by atoms with Gasteiger partial charge in [0.05, 0.1) is 0 Å². The summed E-state index contributed by atoms with van der Waals surface area (Å²) in [5, 5.41) is 0. The molecule has 0 heterocycles. The number of hydrogen-bond acceptors (Lipinski definition) is 6. The summed E-state index contributed by atoms with van der Waals surface area (Å²) >= 11 is 0. The lowest BCUT2D eigenvalue weighted by atomic mass is 10.0. The van der Waals surface area contributed by atoms with Gasteiger partial charge in [0.1, 0.15) is 13.2 Å². The van der Waals surface area contributed by atoms with Crippen molar-refractivity contribution in [3.63, 3.8) is 0 Å². The van der Waals surface area contributed by atoms with Crippen molar-refractivity contribution >= 4 is 17.9 Å². The van der Waals surface area contributed by atoms with Crippen LogP contribution in [-0.4, -0.2) is 37.2 Å². The van der Waals surface area contributed by atoms with Gasteiger partial charge < -0.3 is 14.2 Å². The molecule has 0 aromatic heterocycles. The van der Waals surface area contributed by atoms with E-state index in [4.69, 9.17) is 14.2 Å². The maximum atomic E-state index is 13.0. The summed E-state index contributed by atoms with van der Waals surface area (Å²) in [6.07, 6.45) is 95.8. The van der Waals surface area contributed by atoms with Crippen molar-refractivity contribution in [1.82, 2.24) is 0 Å². The number of esters is 3. The van der Waals surface area contributed by atoms with E-state index in [-0.39, 0.29) is 31.1 Å². The number of hydrogen-bond donors (Lipinski definition) is 0. The van der Waals surface area contributed by atoms with Crippen LogP contribution in [0.2, 0.25) is 0 Å². The molecule has 0 rings (SSSR count). The zero-order valence-corrected chi connectivity index (χ0v) is 54.9. The van der Waals surface area contributed by atoms with E-state index in [2.05, 4.69) is 118 Å². The molecule has 0 saturated heterocycles. The van der Waals surface area contributed by atoms with E-state index in [0.29, 0.717) is 19.3 Å². The molecule has 0 aromatic carbocycles. The standard InChI is InChI=1S/C77H134O6/c1-4-7-10-13-16-19-22-25-28-31-33-35-36-37-38-39-40-42-43-46-49-52-55-58-61-64-67-70-76(79)82-73-74(72-81-75(78)69-66-63-60-57-54-51-48-45-30-27-24-21-18-15-12-9-6-3)83-77(80)71-68-65-62-59-56-53-50-47-44-41-34-32-29-26-23-20-17-14-11-8-5-2/h8-9,11-12,17-18,20-21,26-27,29-30,34,41,47,50,74H,4-7,10,13-16,19,22-25,28,31-33,35-40,42-46,48-49,51-73H2,1-3H3/b11-8-,12-9-,20-17-,21-18-,29-26-,30-27-,41-34-,50-47-. The van der Waals surface area contributed by atoms with E-state index >= 15 is 0 Å². The second kappa shape index (κ2) is 70.8. The Bertz CT molecular complexity index is 1610. The number of carbonyl (C=O) groups is 3. The fraction of sp³-hybridized carbons (Fsp3) is 0.753. The highest BCUT2D eigenvalue weighted by Crippen LogP contribution is 2.18. The minimum Gasteiger partial charge on any atom is -0.462 e. The molecule has 0 amide bonds. The molecule has 0 radical (unpaired) electrons. The number of ether oxygens (including phenoxy) is 3. The molecule has 478 valence electrons. The molecule has 0 aliphatic rings. The minimum atomic E-state index is -0.794. The zero-order valence-electron chi connectivity index (χ0n) is 54.9. The Balaban J connectivity index is 4.34. The van der Waals surface area contributed by atoms with Crippen molar-refractivity contribution < 1.29 is 28.6 Å². The third kappa shape index (κ3) is 69.0. The molecule has 0 aliphatic heterocycles. The van der Waals surface area contributed by atoms with Gasteiger partial charge in [-0.3, -0.25) is 14.4 Å². The number of carbonyl (C=O) groups excluding carboxylic acids is 3. The fourth-order valence-corrected chi connectivity index (χ4v) is 10.3. The number of allylic oxidation sites excluding steroid dienone is 16. The SMILES string of the molecule is CC/C=C\C/C=C\C/C=C\C/C=C\C/C=C\CCCCCCCC(=O)OC(COC(=O)CCCCCCCCC/C=C\C/C=C\C/C=C\CC)COC(=O)CCCCCCCCCCCCCCCCCCCCCCCCCCCCC. The van der Waals surface area contributed by atoms with E-state index in [0.717, 1.165) is 135 Å². The maximum Gasteiger partial charge on any atom is 0.306 e. The van der Waals surface area contributed by atoms with Crippen LogP contribution in [0.25, 0.3) is 0 Å². The third-order valence-electron chi connectivity index (χ3n) is 15.6. The van der Waals surface area contributed by atoms with Crippen molar-refractivity contribution in [2.24, 2.45) is 0 Å². The van der Waals surface area contributed by atoms with E-state index in [9.17, 15) is 14.4 Å². The van der Waals surface area contributed by atoms with Crippen molar-refractivity contribution in [1.29, 1.82) is 0 Å². The molecule has 0 spiro atoms. The monoisotopic (exact) mass is 1160 g/mol. The molecule has 0 aromatic rings. The van der Waals surface area contributed by atoms with Crippen LogP contribution >= 0.6 is 0 Å². The van der Waals surface area contributed by atoms with Gasteiger partial charge in [-0.05, 0) is 96.3 Å². The van der Waals surface area contributed by atoms with Gasteiger partial charge in [-0.2, -0.15) is 0 Å². The smallest absolute Gasteiger partial charge is 0.306 e. The summed E-state index contributed by atoms with van der Waals surface area (Å²) < 4.78 is 17.0. The van der Waals surface area contributed by atoms with Crippen LogP contribution in [0.15, 0.2) is 97.2 Å². The Morgan fingerprint density at radius 1 is 0.253 bits per heavy atom. The summed E-state index contributed by atoms with van der Waals surface area (Å²) in [5.74, 6) is -0.899. The first-order valence-electron chi connectivity index (χ1n) is 35.7. The lowest BCUT2D eigenvalue weighted by Gasteiger charge is -2.18. The second-order valence-electron chi connectivity index (χ2n) is 23.7. The fourth-order valence-electron chi connectivity index (χ4n) is 10.3. The highest BCUT2D eigenvalue weighted by atomic mass is 16.6. The highest BCUT2D eigenvalue weighted by molar-refractivity contribution is 5.71. The Hall–Kier alpha value is -3.67. The van der Waals surface area contributed by atoms with Crippen LogP contribution in [0, 0.1) is 0 Å². The van der Waals surface area contributed by atoms with Gasteiger partial charge in [0, 0.05) is 19.3 Å². The van der Waals surface area contributed by atoms with Crippen molar-refractivity contribution in [2.45, 2.75) is 361 Å². The number of rotatable bonds is 65. The third-order valence-corrected chi connectivity index (χ3v) is 15.6. The first-order valence-corrected chi connectivity index (χ1v) is 35.7. The lowest BCUT2D eigenvalue weighted by Crippen LogP contribution is -2.30. The highest BCUT2D eigenvalue weighted by Gasteiger charge is 2.19. The predicted octanol–water partition coefficient (Wildman–Crippen LogP) is 24.8. The molecule has 0 bridgehead atoms. The predicted molar refractivity (Wildman–Crippen MR) is 362 cm³/mol. The molecular weight excluding hydrogens is 1020 g/mol. The Morgan fingerprint density at radius 3 is 0.735 bits per heavy atom. The quantitative estimate of drug-likeness (QED) is 0.0261. The van der Waals surface area contributed by atoms with E-state index < -0.39 is 6.10 Å². The van der Waals surface area contributed by atoms with Crippen molar-refractivity contribution in [3.05, 3.63) is 97.2 Å². The van der Waals surface area contributed by atoms with Gasteiger partial charge in [0.2, 0.25) is 0 Å². The number of unbranched alkanes of at least 4 members (excludes halogenated alkanes) is 38. The average Bonchev–Trinajstić information content (AvgIpc) is 3.50. The van der Waals surface area contributed by atoms with Gasteiger partial charge in [-0.25, -0.2) is 0 Å². The van der Waals surface area contributed by atoms with Crippen molar-refractivity contribution in [2.75, 3.05) is 13.2 Å². The van der Waals surface area contributed by atoms with E-state index in [1.807, 2.05) is 0 Å². The molecule has 6 nitrogen and oxygen atoms in total. The van der Waals surface area contributed by atoms with Gasteiger partial charge >= 0.3 is 17.9 Å². The molecule has 83 heavy (non-hydrogen) atoms. The van der Waals surface area contributed by atoms with E-state index in [1.165, 1.54) is 180 Å². The zero-order chi connectivity index (χ0) is 59.9. The summed E-state index contributed by atoms with van der Waals surface area (Å²) in [4.78, 5) is 38.5. The second-order valence-corrected chi connectivity index (χ2v) is 23.7.